The molecular weight excluding hydrogens is 873 g/mol. The maximum atomic E-state index is 15.7. The Kier molecular flexibility index (Phi) is 14.4. The summed E-state index contributed by atoms with van der Waals surface area (Å²) in [5.74, 6) is 0.657. The van der Waals surface area contributed by atoms with E-state index in [0.717, 1.165) is 45.9 Å². The van der Waals surface area contributed by atoms with Crippen LogP contribution in [0.1, 0.15) is 128 Å². The van der Waals surface area contributed by atoms with Crippen molar-refractivity contribution in [2.75, 3.05) is 13.2 Å². The van der Waals surface area contributed by atoms with Crippen LogP contribution in [0.4, 0.5) is 8.63 Å². The number of amides is 2. The van der Waals surface area contributed by atoms with Gasteiger partial charge in [0.05, 0.1) is 42.9 Å². The molecule has 0 saturated heterocycles. The highest BCUT2D eigenvalue weighted by molar-refractivity contribution is 6.58. The van der Waals surface area contributed by atoms with E-state index in [0.29, 0.717) is 79.1 Å². The molecule has 0 unspecified atom stereocenters. The first-order valence-corrected chi connectivity index (χ1v) is 25.2. The van der Waals surface area contributed by atoms with Gasteiger partial charge in [0, 0.05) is 55.8 Å². The van der Waals surface area contributed by atoms with E-state index in [2.05, 4.69) is 60.7 Å². The molecule has 2 aromatic heterocycles. The zero-order valence-electron chi connectivity index (χ0n) is 41.2. The Balaban J connectivity index is 0.806. The van der Waals surface area contributed by atoms with Crippen LogP contribution in [0.25, 0.3) is 6.08 Å². The summed E-state index contributed by atoms with van der Waals surface area (Å²) < 4.78 is 35.3. The fourth-order valence-electron chi connectivity index (χ4n) is 14.0. The smallest absolute Gasteiger partial charge is 0.394 e. The standard InChI is InChI=1S/C50H75BF2N8O7/c1-28(2)31(5)47(66)48(67)32(6)37-13-14-38-36-22-41(40-23-43(62)44(63)24-50(40,8)39(36)16-17-49(37,38)7)57-68-27-46(65)55-25-33-26-59(58-56-33)19-9-18-54-45(64)15-12-34-10-11-35-21-42-29(3)20-30(4)60(42)51(52,53)61(34)35/h10-11,20-21,26,28,31-32,36-40,43-44,47-48,62-63,66-67H,9,12-19,22-25,27H2,1-8H3,(H,54,64)(H,55,65)/b57-41+/t31-,32-,36-,37+,38-,39-,40+,43-,44+,47+,48+,49+,50+/m0/s1. The van der Waals surface area contributed by atoms with Gasteiger partial charge in [0.2, 0.25) is 5.91 Å². The lowest BCUT2D eigenvalue weighted by Gasteiger charge is -2.61. The van der Waals surface area contributed by atoms with Gasteiger partial charge in [0.1, 0.15) is 11.4 Å². The highest BCUT2D eigenvalue weighted by Gasteiger charge is 2.63. The molecule has 0 radical (unpaired) electrons. The van der Waals surface area contributed by atoms with Crippen molar-refractivity contribution >= 4 is 36.3 Å². The minimum Gasteiger partial charge on any atom is -0.394 e. The van der Waals surface area contributed by atoms with E-state index in [-0.39, 0.29) is 84.1 Å². The fourth-order valence-corrected chi connectivity index (χ4v) is 14.0. The molecule has 4 aliphatic carbocycles. The van der Waals surface area contributed by atoms with Crippen LogP contribution in [0.15, 0.2) is 35.3 Å². The number of aliphatic hydroxyl groups is 4. The summed E-state index contributed by atoms with van der Waals surface area (Å²) in [7, 11) is 0. The number of carbonyl (C=O) groups excluding carboxylic acids is 2. The number of oxime groups is 1. The van der Waals surface area contributed by atoms with Crippen molar-refractivity contribution in [3.8, 4) is 0 Å². The Hall–Kier alpha value is -4.26. The molecule has 15 nitrogen and oxygen atoms in total. The number of carbonyl (C=O) groups is 2. The molecule has 0 aromatic carbocycles. The molecular formula is C50H75BF2N8O7. The van der Waals surface area contributed by atoms with Gasteiger partial charge in [-0.05, 0) is 135 Å². The molecule has 2 aromatic rings. The molecule has 4 heterocycles. The van der Waals surface area contributed by atoms with Crippen molar-refractivity contribution in [1.82, 2.24) is 30.1 Å². The van der Waals surface area contributed by atoms with Crippen LogP contribution in [-0.4, -0.2) is 112 Å². The van der Waals surface area contributed by atoms with E-state index < -0.39 is 31.4 Å². The molecule has 2 amide bonds. The van der Waals surface area contributed by atoms with Gasteiger partial charge >= 0.3 is 6.97 Å². The lowest BCUT2D eigenvalue weighted by atomic mass is 9.43. The van der Waals surface area contributed by atoms with Gasteiger partial charge in [-0.25, -0.2) is 0 Å². The number of aryl methyl sites for hydroxylation is 3. The molecule has 374 valence electrons. The number of fused-ring (bicyclic) bond motifs is 7. The van der Waals surface area contributed by atoms with Gasteiger partial charge in [-0.2, -0.15) is 0 Å². The first-order valence-electron chi connectivity index (χ1n) is 25.2. The van der Waals surface area contributed by atoms with E-state index in [1.165, 1.54) is 0 Å². The van der Waals surface area contributed by atoms with Crippen LogP contribution in [-0.2, 0) is 27.5 Å². The van der Waals surface area contributed by atoms with E-state index in [9.17, 15) is 30.0 Å². The largest absolute Gasteiger partial charge is 0.737 e. The summed E-state index contributed by atoms with van der Waals surface area (Å²) in [5.41, 5.74) is 3.69. The van der Waals surface area contributed by atoms with Gasteiger partial charge < -0.3 is 53.5 Å². The second kappa shape index (κ2) is 19.5. The molecule has 8 rings (SSSR count). The Morgan fingerprint density at radius 3 is 2.51 bits per heavy atom. The molecule has 4 fully saturated rings. The normalized spacial score (nSPS) is 32.7. The van der Waals surface area contributed by atoms with Gasteiger partial charge in [-0.3, -0.25) is 14.3 Å². The first-order chi connectivity index (χ1) is 32.1. The summed E-state index contributed by atoms with van der Waals surface area (Å²) >= 11 is 0. The van der Waals surface area contributed by atoms with E-state index >= 15 is 8.63 Å². The molecule has 0 spiro atoms. The predicted octanol–water partition coefficient (Wildman–Crippen LogP) is 5.52. The SMILES string of the molecule is Cc1cc(C)n2c1C=C1C=CC(CCC(=O)NCCCn3cc(CNC(=O)CO/N=C4\C[C@@H]5[C@H](CC[C@]6(C)[C@@H]([C@H](C)[C@@H](O)[C@H](O)[C@@H](C)C(C)C)CC[C@@H]56)[C@@]5(C)C[C@@H](O)[C@@H](O)C[C@H]45)nn3)=[N+]1[B-]2(F)F. The lowest BCUT2D eigenvalue weighted by molar-refractivity contribution is -0.362. The molecule has 0 bridgehead atoms. The highest BCUT2D eigenvalue weighted by atomic mass is 19.2. The molecule has 18 heteroatoms. The predicted molar refractivity (Wildman–Crippen MR) is 255 cm³/mol. The van der Waals surface area contributed by atoms with Gasteiger partial charge in [0.15, 0.2) is 12.3 Å². The number of hydrogen-bond donors (Lipinski definition) is 6. The summed E-state index contributed by atoms with van der Waals surface area (Å²) in [6.07, 6.45) is 9.87. The van der Waals surface area contributed by atoms with Crippen LogP contribution in [0.2, 0.25) is 0 Å². The van der Waals surface area contributed by atoms with E-state index in [4.69, 9.17) is 4.84 Å². The molecule has 2 aliphatic heterocycles. The molecule has 6 N–H and O–H groups in total. The third-order valence-electron chi connectivity index (χ3n) is 18.0. The van der Waals surface area contributed by atoms with Gasteiger partial charge in [-0.1, -0.05) is 51.9 Å². The minimum absolute atomic E-state index is 0.0207. The molecule has 6 aliphatic rings. The van der Waals surface area contributed by atoms with Crippen LogP contribution in [0.3, 0.4) is 0 Å². The molecule has 68 heavy (non-hydrogen) atoms. The van der Waals surface area contributed by atoms with Crippen molar-refractivity contribution < 1.29 is 48.0 Å². The number of nitrogens with zero attached hydrogens (tertiary/aromatic N) is 6. The Bertz CT molecular complexity index is 2350. The summed E-state index contributed by atoms with van der Waals surface area (Å²) in [6.45, 7) is 13.0. The molecule has 13 atom stereocenters. The number of allylic oxidation sites excluding steroid dienone is 2. The van der Waals surface area contributed by atoms with Crippen LogP contribution < -0.4 is 10.6 Å². The van der Waals surface area contributed by atoms with Crippen molar-refractivity contribution in [3.05, 3.63) is 52.8 Å². The zero-order valence-corrected chi connectivity index (χ0v) is 41.2. The summed E-state index contributed by atoms with van der Waals surface area (Å²) in [5, 5.41) is 63.2. The maximum Gasteiger partial charge on any atom is 0.737 e. The van der Waals surface area contributed by atoms with Crippen molar-refractivity contribution in [2.45, 2.75) is 157 Å². The van der Waals surface area contributed by atoms with Gasteiger partial charge in [0.25, 0.3) is 5.91 Å². The van der Waals surface area contributed by atoms with E-state index in [1.807, 2.05) is 13.8 Å². The monoisotopic (exact) mass is 949 g/mol. The number of hydrogen-bond acceptors (Lipinski definition) is 10. The number of rotatable bonds is 17. The zero-order chi connectivity index (χ0) is 49.0. The van der Waals surface area contributed by atoms with Crippen molar-refractivity contribution in [2.24, 2.45) is 63.3 Å². The minimum atomic E-state index is -4.08. The quantitative estimate of drug-likeness (QED) is 0.0672. The third kappa shape index (κ3) is 9.27. The van der Waals surface area contributed by atoms with Crippen LogP contribution in [0, 0.1) is 72.0 Å². The summed E-state index contributed by atoms with van der Waals surface area (Å²) in [6, 6.07) is 1.76. The second-order valence-corrected chi connectivity index (χ2v) is 22.3. The Morgan fingerprint density at radius 2 is 1.76 bits per heavy atom. The fraction of sp³-hybridized carbons (Fsp3) is 0.720. The number of halogens is 2. The lowest BCUT2D eigenvalue weighted by Crippen LogP contribution is -2.60. The number of nitrogens with one attached hydrogen (secondary N) is 2. The maximum absolute atomic E-state index is 15.7. The summed E-state index contributed by atoms with van der Waals surface area (Å²) in [4.78, 5) is 31.5. The van der Waals surface area contributed by atoms with Crippen molar-refractivity contribution in [3.63, 3.8) is 0 Å². The Morgan fingerprint density at radius 1 is 1.01 bits per heavy atom. The second-order valence-electron chi connectivity index (χ2n) is 22.3. The average molecular weight is 949 g/mol. The van der Waals surface area contributed by atoms with Gasteiger partial charge in [-0.15, -0.1) is 5.10 Å². The highest BCUT2D eigenvalue weighted by Crippen LogP contribution is 2.68. The number of aliphatic hydroxyl groups excluding tert-OH is 4. The van der Waals surface area contributed by atoms with Crippen molar-refractivity contribution in [1.29, 1.82) is 0 Å². The van der Waals surface area contributed by atoms with Crippen LogP contribution >= 0.6 is 0 Å². The Labute approximate surface area is 399 Å². The van der Waals surface area contributed by atoms with Crippen LogP contribution in [0.5, 0.6) is 0 Å². The third-order valence-corrected chi connectivity index (χ3v) is 18.0. The number of aromatic nitrogens is 4. The molecule has 4 saturated carbocycles. The van der Waals surface area contributed by atoms with E-state index in [1.54, 1.807) is 42.1 Å². The first kappa shape index (κ1) is 50.1. The average Bonchev–Trinajstić information content (AvgIpc) is 4.08. The topological polar surface area (TPSA) is 199 Å².